The summed E-state index contributed by atoms with van der Waals surface area (Å²) in [6.07, 6.45) is -1.97. The standard InChI is InChI=1S/C8H16F2N2O2/c1-8(9,10)4-3-5(11)6(13)7(14)12-2/h5-6,13H,3-4,11H2,1-2H3,(H,12,14)/t5-,6-/m0/s1. The number of likely N-dealkylation sites (N-methyl/N-ethyl adjacent to an activating group) is 1. The van der Waals surface area contributed by atoms with Crippen LogP contribution in [0.3, 0.4) is 0 Å². The maximum absolute atomic E-state index is 12.4. The number of nitrogens with two attached hydrogens (primary N) is 1. The third kappa shape index (κ3) is 5.08. The van der Waals surface area contributed by atoms with Crippen LogP contribution in [0.4, 0.5) is 8.78 Å². The van der Waals surface area contributed by atoms with Crippen molar-refractivity contribution in [2.75, 3.05) is 7.05 Å². The average Bonchev–Trinajstić information content (AvgIpc) is 2.10. The van der Waals surface area contributed by atoms with Crippen LogP contribution in [0.25, 0.3) is 0 Å². The molecule has 14 heavy (non-hydrogen) atoms. The van der Waals surface area contributed by atoms with Gasteiger partial charge in [-0.15, -0.1) is 0 Å². The van der Waals surface area contributed by atoms with Crippen molar-refractivity contribution in [3.05, 3.63) is 0 Å². The van der Waals surface area contributed by atoms with E-state index in [4.69, 9.17) is 5.73 Å². The summed E-state index contributed by atoms with van der Waals surface area (Å²) in [7, 11) is 1.34. The molecule has 0 aliphatic carbocycles. The number of aliphatic hydroxyl groups is 1. The number of hydrogen-bond acceptors (Lipinski definition) is 3. The quantitative estimate of drug-likeness (QED) is 0.591. The number of hydrogen-bond donors (Lipinski definition) is 3. The minimum atomic E-state index is -2.82. The summed E-state index contributed by atoms with van der Waals surface area (Å²) in [6.45, 7) is 0.770. The molecule has 0 saturated carbocycles. The van der Waals surface area contributed by atoms with Gasteiger partial charge >= 0.3 is 0 Å². The van der Waals surface area contributed by atoms with E-state index in [9.17, 15) is 18.7 Å². The van der Waals surface area contributed by atoms with Crippen molar-refractivity contribution in [1.82, 2.24) is 5.32 Å². The molecule has 1 amide bonds. The number of alkyl halides is 2. The lowest BCUT2D eigenvalue weighted by Gasteiger charge is -2.19. The summed E-state index contributed by atoms with van der Waals surface area (Å²) in [6, 6.07) is -0.958. The molecule has 0 bridgehead atoms. The van der Waals surface area contributed by atoms with Gasteiger partial charge in [-0.1, -0.05) is 0 Å². The molecule has 0 aliphatic heterocycles. The molecule has 0 saturated heterocycles. The van der Waals surface area contributed by atoms with E-state index in [2.05, 4.69) is 5.32 Å². The first-order valence-electron chi connectivity index (χ1n) is 4.31. The molecule has 0 aromatic carbocycles. The molecule has 4 N–H and O–H groups in total. The van der Waals surface area contributed by atoms with Crippen LogP contribution in [0, 0.1) is 0 Å². The molecular formula is C8H16F2N2O2. The molecule has 6 heteroatoms. The van der Waals surface area contributed by atoms with Gasteiger partial charge in [-0.25, -0.2) is 8.78 Å². The Bertz CT molecular complexity index is 194. The van der Waals surface area contributed by atoms with Crippen molar-refractivity contribution in [2.45, 2.75) is 37.8 Å². The van der Waals surface area contributed by atoms with Crippen LogP contribution < -0.4 is 11.1 Å². The van der Waals surface area contributed by atoms with Gasteiger partial charge in [0.1, 0.15) is 6.10 Å². The Morgan fingerprint density at radius 2 is 2.14 bits per heavy atom. The first-order chi connectivity index (χ1) is 6.28. The predicted octanol–water partition coefficient (Wildman–Crippen LogP) is -0.144. The topological polar surface area (TPSA) is 75.3 Å². The monoisotopic (exact) mass is 210 g/mol. The van der Waals surface area contributed by atoms with Gasteiger partial charge in [0.25, 0.3) is 0 Å². The fraction of sp³-hybridized carbons (Fsp3) is 0.875. The Hall–Kier alpha value is -0.750. The SMILES string of the molecule is CNC(=O)[C@@H](O)[C@@H](N)CCC(C)(F)F. The maximum Gasteiger partial charge on any atom is 0.250 e. The van der Waals surface area contributed by atoms with Gasteiger partial charge < -0.3 is 16.2 Å². The van der Waals surface area contributed by atoms with Gasteiger partial charge in [0.2, 0.25) is 11.8 Å². The van der Waals surface area contributed by atoms with Crippen LogP contribution >= 0.6 is 0 Å². The molecule has 0 radical (unpaired) electrons. The molecular weight excluding hydrogens is 194 g/mol. The number of halogens is 2. The van der Waals surface area contributed by atoms with Crippen molar-refractivity contribution < 1.29 is 18.7 Å². The van der Waals surface area contributed by atoms with Crippen LogP contribution in [0.5, 0.6) is 0 Å². The third-order valence-electron chi connectivity index (χ3n) is 1.84. The summed E-state index contributed by atoms with van der Waals surface area (Å²) in [5.41, 5.74) is 5.36. The molecule has 0 rings (SSSR count). The minimum absolute atomic E-state index is 0.0991. The molecule has 0 fully saturated rings. The van der Waals surface area contributed by atoms with E-state index in [1.165, 1.54) is 7.05 Å². The highest BCUT2D eigenvalue weighted by Crippen LogP contribution is 2.19. The largest absolute Gasteiger partial charge is 0.382 e. The fourth-order valence-electron chi connectivity index (χ4n) is 0.920. The highest BCUT2D eigenvalue weighted by Gasteiger charge is 2.27. The first-order valence-corrected chi connectivity index (χ1v) is 4.31. The van der Waals surface area contributed by atoms with Gasteiger partial charge in [0, 0.05) is 19.5 Å². The highest BCUT2D eigenvalue weighted by molar-refractivity contribution is 5.80. The second-order valence-electron chi connectivity index (χ2n) is 3.33. The van der Waals surface area contributed by atoms with Crippen molar-refractivity contribution in [2.24, 2.45) is 5.73 Å². The molecule has 0 aliphatic rings. The average molecular weight is 210 g/mol. The van der Waals surface area contributed by atoms with Gasteiger partial charge in [-0.2, -0.15) is 0 Å². The molecule has 0 spiro atoms. The molecule has 84 valence electrons. The van der Waals surface area contributed by atoms with E-state index < -0.39 is 30.4 Å². The molecule has 0 aromatic heterocycles. The summed E-state index contributed by atoms with van der Waals surface area (Å²) in [4.78, 5) is 10.8. The summed E-state index contributed by atoms with van der Waals surface area (Å²) < 4.78 is 24.8. The zero-order chi connectivity index (χ0) is 11.4. The summed E-state index contributed by atoms with van der Waals surface area (Å²) in [5.74, 6) is -3.48. The van der Waals surface area contributed by atoms with Crippen LogP contribution in [-0.2, 0) is 4.79 Å². The second kappa shape index (κ2) is 5.21. The molecule has 0 heterocycles. The Morgan fingerprint density at radius 1 is 1.64 bits per heavy atom. The van der Waals surface area contributed by atoms with Crippen molar-refractivity contribution >= 4 is 5.91 Å². The van der Waals surface area contributed by atoms with E-state index in [1.54, 1.807) is 0 Å². The zero-order valence-corrected chi connectivity index (χ0v) is 8.26. The summed E-state index contributed by atoms with van der Waals surface area (Å²) in [5, 5.41) is 11.4. The maximum atomic E-state index is 12.4. The summed E-state index contributed by atoms with van der Waals surface area (Å²) >= 11 is 0. The van der Waals surface area contributed by atoms with Crippen LogP contribution in [0.15, 0.2) is 0 Å². The first kappa shape index (κ1) is 13.2. The Balaban J connectivity index is 3.96. The van der Waals surface area contributed by atoms with Gasteiger partial charge in [0.05, 0.1) is 0 Å². The highest BCUT2D eigenvalue weighted by atomic mass is 19.3. The van der Waals surface area contributed by atoms with Crippen molar-refractivity contribution in [3.63, 3.8) is 0 Å². The molecule has 2 atom stereocenters. The molecule has 0 aromatic rings. The zero-order valence-electron chi connectivity index (χ0n) is 8.26. The van der Waals surface area contributed by atoms with Crippen LogP contribution in [0.1, 0.15) is 19.8 Å². The van der Waals surface area contributed by atoms with Crippen LogP contribution in [0.2, 0.25) is 0 Å². The van der Waals surface area contributed by atoms with E-state index in [0.29, 0.717) is 0 Å². The van der Waals surface area contributed by atoms with E-state index >= 15 is 0 Å². The van der Waals surface area contributed by atoms with Gasteiger partial charge in [-0.3, -0.25) is 4.79 Å². The number of amides is 1. The van der Waals surface area contributed by atoms with Crippen molar-refractivity contribution in [3.8, 4) is 0 Å². The smallest absolute Gasteiger partial charge is 0.250 e. The van der Waals surface area contributed by atoms with E-state index in [0.717, 1.165) is 6.92 Å². The number of nitrogens with one attached hydrogen (secondary N) is 1. The predicted molar refractivity (Wildman–Crippen MR) is 47.9 cm³/mol. The number of carbonyl (C=O) groups excluding carboxylic acids is 1. The Labute approximate surface area is 81.5 Å². The normalized spacial score (nSPS) is 16.1. The van der Waals surface area contributed by atoms with Crippen LogP contribution in [-0.4, -0.2) is 36.1 Å². The lowest BCUT2D eigenvalue weighted by atomic mass is 10.0. The molecule has 0 unspecified atom stereocenters. The van der Waals surface area contributed by atoms with Gasteiger partial charge in [0.15, 0.2) is 0 Å². The van der Waals surface area contributed by atoms with E-state index in [1.807, 2.05) is 0 Å². The molecule has 4 nitrogen and oxygen atoms in total. The van der Waals surface area contributed by atoms with E-state index in [-0.39, 0.29) is 6.42 Å². The lowest BCUT2D eigenvalue weighted by Crippen LogP contribution is -2.45. The van der Waals surface area contributed by atoms with Gasteiger partial charge in [-0.05, 0) is 13.3 Å². The third-order valence-corrected chi connectivity index (χ3v) is 1.84. The van der Waals surface area contributed by atoms with Crippen molar-refractivity contribution in [1.29, 1.82) is 0 Å². The Morgan fingerprint density at radius 3 is 2.50 bits per heavy atom. The number of carbonyl (C=O) groups is 1. The fourth-order valence-corrected chi connectivity index (χ4v) is 0.920. The Kier molecular flexibility index (Phi) is 4.93. The lowest BCUT2D eigenvalue weighted by molar-refractivity contribution is -0.130. The number of aliphatic hydroxyl groups excluding tert-OH is 1. The minimum Gasteiger partial charge on any atom is -0.382 e. The second-order valence-corrected chi connectivity index (χ2v) is 3.33. The number of rotatable bonds is 5.